The molecule has 4 rings (SSSR count). The van der Waals surface area contributed by atoms with Gasteiger partial charge < -0.3 is 18.8 Å². The van der Waals surface area contributed by atoms with Crippen LogP contribution in [-0.4, -0.2) is 24.0 Å². The van der Waals surface area contributed by atoms with Gasteiger partial charge in [0.05, 0.1) is 5.69 Å². The highest BCUT2D eigenvalue weighted by atomic mass is 35.5. The number of aromatic nitrogens is 1. The van der Waals surface area contributed by atoms with Crippen LogP contribution in [0.25, 0.3) is 11.1 Å². The van der Waals surface area contributed by atoms with Crippen molar-refractivity contribution < 1.29 is 27.5 Å². The Morgan fingerprint density at radius 3 is 2.50 bits per heavy atom. The lowest BCUT2D eigenvalue weighted by Crippen LogP contribution is -2.38. The number of carbonyl (C=O) groups excluding carboxylic acids is 1. The van der Waals surface area contributed by atoms with Gasteiger partial charge in [0.1, 0.15) is 28.7 Å². The number of likely N-dealkylation sites (N-methyl/N-ethyl adjacent to an activating group) is 1. The maximum absolute atomic E-state index is 14.0. The second-order valence-electron chi connectivity index (χ2n) is 6.92. The van der Waals surface area contributed by atoms with Crippen molar-refractivity contribution >= 4 is 34.3 Å². The molecule has 0 unspecified atom stereocenters. The molecule has 0 saturated heterocycles. The number of benzene rings is 3. The molecule has 0 spiro atoms. The Kier molecular flexibility index (Phi) is 5.96. The highest BCUT2D eigenvalue weighted by Gasteiger charge is 2.23. The molecule has 1 amide bonds. The number of nitrogens with zero attached hydrogens (tertiary/aromatic N) is 2. The minimum atomic E-state index is -0.919. The fourth-order valence-corrected chi connectivity index (χ4v) is 3.17. The third-order valence-electron chi connectivity index (χ3n) is 4.62. The Hall–Kier alpha value is -3.65. The average Bonchev–Trinajstić information content (AvgIpc) is 3.15. The number of ether oxygens (including phenoxy) is 2. The van der Waals surface area contributed by atoms with E-state index >= 15 is 0 Å². The van der Waals surface area contributed by atoms with Gasteiger partial charge in [-0.05, 0) is 55.5 Å². The van der Waals surface area contributed by atoms with E-state index in [9.17, 15) is 13.6 Å². The third kappa shape index (κ3) is 4.65. The number of anilines is 1. The summed E-state index contributed by atoms with van der Waals surface area (Å²) in [5.74, 6) is -1.22. The molecule has 0 aliphatic rings. The predicted octanol–water partition coefficient (Wildman–Crippen LogP) is 5.98. The van der Waals surface area contributed by atoms with E-state index in [0.29, 0.717) is 27.6 Å². The van der Waals surface area contributed by atoms with Crippen molar-refractivity contribution in [2.75, 3.05) is 11.9 Å². The summed E-state index contributed by atoms with van der Waals surface area (Å²) >= 11 is 5.93. The fourth-order valence-electron chi connectivity index (χ4n) is 3.01. The summed E-state index contributed by atoms with van der Waals surface area (Å²) in [6.45, 7) is 1.54. The van der Waals surface area contributed by atoms with Gasteiger partial charge in [0, 0.05) is 24.2 Å². The molecule has 9 heteroatoms. The van der Waals surface area contributed by atoms with Gasteiger partial charge in [-0.25, -0.2) is 8.78 Å². The first kappa shape index (κ1) is 21.6. The summed E-state index contributed by atoms with van der Waals surface area (Å²) in [7, 11) is 1.39. The van der Waals surface area contributed by atoms with Crippen LogP contribution in [0.4, 0.5) is 14.5 Å². The van der Waals surface area contributed by atoms with Gasteiger partial charge in [0.15, 0.2) is 11.7 Å². The van der Waals surface area contributed by atoms with E-state index in [1.54, 1.807) is 42.5 Å². The van der Waals surface area contributed by atoms with Crippen molar-refractivity contribution in [3.8, 4) is 17.6 Å². The standard InChI is InChI=1S/C23H17ClF2N2O4/c1-13(22(29)28(2)20-10-4-15(25)12-18(20)26)30-16-5-7-17(8-6-16)31-23-27-19-9-3-14(24)11-21(19)32-23/h3-13H,1-2H3/t13-/m1/s1. The lowest BCUT2D eigenvalue weighted by molar-refractivity contribution is -0.124. The number of amides is 1. The van der Waals surface area contributed by atoms with E-state index in [2.05, 4.69) is 4.98 Å². The number of oxazole rings is 1. The molecule has 1 aromatic heterocycles. The van der Waals surface area contributed by atoms with Gasteiger partial charge in [0.2, 0.25) is 0 Å². The van der Waals surface area contributed by atoms with Crippen molar-refractivity contribution in [2.45, 2.75) is 13.0 Å². The Morgan fingerprint density at radius 1 is 1.06 bits per heavy atom. The Bertz CT molecular complexity index is 1280. The average molecular weight is 459 g/mol. The molecule has 1 atom stereocenters. The molecule has 0 N–H and O–H groups in total. The van der Waals surface area contributed by atoms with Crippen LogP contribution in [0.1, 0.15) is 6.92 Å². The lowest BCUT2D eigenvalue weighted by Gasteiger charge is -2.22. The van der Waals surface area contributed by atoms with Gasteiger partial charge in [-0.3, -0.25) is 4.79 Å². The smallest absolute Gasteiger partial charge is 0.400 e. The van der Waals surface area contributed by atoms with Crippen LogP contribution < -0.4 is 14.4 Å². The van der Waals surface area contributed by atoms with Crippen molar-refractivity contribution in [2.24, 2.45) is 0 Å². The van der Waals surface area contributed by atoms with E-state index in [-0.39, 0.29) is 11.8 Å². The van der Waals surface area contributed by atoms with Crippen LogP contribution in [0, 0.1) is 11.6 Å². The lowest BCUT2D eigenvalue weighted by atomic mass is 10.2. The quantitative estimate of drug-likeness (QED) is 0.355. The largest absolute Gasteiger partial charge is 0.481 e. The number of halogens is 3. The first-order chi connectivity index (χ1) is 15.3. The highest BCUT2D eigenvalue weighted by molar-refractivity contribution is 6.31. The number of carbonyl (C=O) groups is 1. The monoisotopic (exact) mass is 458 g/mol. The van der Waals surface area contributed by atoms with Crippen molar-refractivity contribution in [1.82, 2.24) is 4.98 Å². The predicted molar refractivity (Wildman–Crippen MR) is 115 cm³/mol. The normalized spacial score (nSPS) is 11.9. The maximum Gasteiger partial charge on any atom is 0.400 e. The highest BCUT2D eigenvalue weighted by Crippen LogP contribution is 2.28. The van der Waals surface area contributed by atoms with Crippen LogP contribution in [0.2, 0.25) is 5.02 Å². The maximum atomic E-state index is 14.0. The van der Waals surface area contributed by atoms with Crippen LogP contribution in [0.3, 0.4) is 0 Å². The first-order valence-corrected chi connectivity index (χ1v) is 9.91. The van der Waals surface area contributed by atoms with Gasteiger partial charge >= 0.3 is 6.08 Å². The van der Waals surface area contributed by atoms with E-state index in [4.69, 9.17) is 25.5 Å². The summed E-state index contributed by atoms with van der Waals surface area (Å²) in [5, 5.41) is 0.526. The third-order valence-corrected chi connectivity index (χ3v) is 4.86. The topological polar surface area (TPSA) is 64.8 Å². The molecular weight excluding hydrogens is 442 g/mol. The molecule has 0 aliphatic carbocycles. The Labute approximate surface area is 186 Å². The SMILES string of the molecule is C[C@@H](Oc1ccc(Oc2nc3ccc(Cl)cc3o2)cc1)C(=O)N(C)c1ccc(F)cc1F. The van der Waals surface area contributed by atoms with Gasteiger partial charge in [0.25, 0.3) is 5.91 Å². The van der Waals surface area contributed by atoms with Crippen LogP contribution >= 0.6 is 11.6 Å². The minimum Gasteiger partial charge on any atom is -0.481 e. The van der Waals surface area contributed by atoms with Crippen molar-refractivity contribution in [3.05, 3.63) is 77.3 Å². The number of fused-ring (bicyclic) bond motifs is 1. The van der Waals surface area contributed by atoms with E-state index in [1.807, 2.05) is 0 Å². The van der Waals surface area contributed by atoms with E-state index in [1.165, 1.54) is 20.0 Å². The molecule has 164 valence electrons. The van der Waals surface area contributed by atoms with Gasteiger partial charge in [-0.2, -0.15) is 4.98 Å². The molecule has 0 radical (unpaired) electrons. The van der Waals surface area contributed by atoms with E-state index < -0.39 is 23.6 Å². The molecule has 32 heavy (non-hydrogen) atoms. The van der Waals surface area contributed by atoms with Crippen molar-refractivity contribution in [1.29, 1.82) is 0 Å². The summed E-state index contributed by atoms with van der Waals surface area (Å²) in [4.78, 5) is 17.9. The summed E-state index contributed by atoms with van der Waals surface area (Å²) in [6.07, 6.45) is -0.861. The minimum absolute atomic E-state index is 0.0461. The van der Waals surface area contributed by atoms with Crippen LogP contribution in [-0.2, 0) is 4.79 Å². The first-order valence-electron chi connectivity index (χ1n) is 9.53. The number of hydrogen-bond acceptors (Lipinski definition) is 5. The molecule has 1 heterocycles. The Balaban J connectivity index is 1.40. The molecule has 3 aromatic carbocycles. The van der Waals surface area contributed by atoms with Gasteiger partial charge in [-0.15, -0.1) is 0 Å². The molecular formula is C23H17ClF2N2O4. The summed E-state index contributed by atoms with van der Waals surface area (Å²) in [6, 6.07) is 14.5. The van der Waals surface area contributed by atoms with Gasteiger partial charge in [-0.1, -0.05) is 11.6 Å². The molecule has 0 saturated carbocycles. The number of hydrogen-bond donors (Lipinski definition) is 0. The molecule has 0 fully saturated rings. The molecule has 4 aromatic rings. The molecule has 6 nitrogen and oxygen atoms in total. The zero-order valence-corrected chi connectivity index (χ0v) is 17.8. The van der Waals surface area contributed by atoms with Crippen LogP contribution in [0.15, 0.2) is 65.1 Å². The Morgan fingerprint density at radius 2 is 1.78 bits per heavy atom. The molecule has 0 bridgehead atoms. The summed E-state index contributed by atoms with van der Waals surface area (Å²) < 4.78 is 43.8. The van der Waals surface area contributed by atoms with Crippen molar-refractivity contribution in [3.63, 3.8) is 0 Å². The second-order valence-corrected chi connectivity index (χ2v) is 7.35. The van der Waals surface area contributed by atoms with Crippen LogP contribution in [0.5, 0.6) is 17.6 Å². The zero-order valence-electron chi connectivity index (χ0n) is 17.0. The van der Waals surface area contributed by atoms with E-state index in [0.717, 1.165) is 17.0 Å². The number of rotatable bonds is 6. The summed E-state index contributed by atoms with van der Waals surface area (Å²) in [5.41, 5.74) is 1.06. The molecule has 0 aliphatic heterocycles. The zero-order chi connectivity index (χ0) is 22.8. The second kappa shape index (κ2) is 8.84. The fraction of sp³-hybridized carbons (Fsp3) is 0.130.